The average Bonchev–Trinajstić information content (AvgIpc) is 1.20. The number of benzene rings is 6. The molecule has 0 spiro atoms. The third-order valence-electron chi connectivity index (χ3n) is 20.0. The summed E-state index contributed by atoms with van der Waals surface area (Å²) >= 11 is 0. The summed E-state index contributed by atoms with van der Waals surface area (Å²) in [6, 6.07) is 36.2. The molecule has 0 saturated carbocycles. The number of piperidine rings is 1. The van der Waals surface area contributed by atoms with Crippen molar-refractivity contribution in [2.45, 2.75) is 33.2 Å². The van der Waals surface area contributed by atoms with E-state index in [2.05, 4.69) is 101 Å². The second-order valence-electron chi connectivity index (χ2n) is 27.1. The molecule has 6 aromatic carbocycles. The average molecular weight is 1490 g/mol. The van der Waals surface area contributed by atoms with Crippen molar-refractivity contribution < 1.29 is 38.3 Å². The van der Waals surface area contributed by atoms with Gasteiger partial charge in [0, 0.05) is 237 Å². The first kappa shape index (κ1) is 75.9. The number of hydrogen-bond acceptors (Lipinski definition) is 23. The molecule has 2 aliphatic rings. The van der Waals surface area contributed by atoms with Gasteiger partial charge in [-0.3, -0.25) is 38.7 Å². The van der Waals surface area contributed by atoms with Crippen LogP contribution in [0, 0.1) is 12.8 Å². The molecule has 28 nitrogen and oxygen atoms in total. The lowest BCUT2D eigenvalue weighted by atomic mass is 9.98. The highest BCUT2D eigenvalue weighted by atomic mass is 16.5. The van der Waals surface area contributed by atoms with E-state index < -0.39 is 0 Å². The third kappa shape index (κ3) is 18.5. The number of aromatic nitrogens is 14. The summed E-state index contributed by atoms with van der Waals surface area (Å²) < 4.78 is 40.7. The van der Waals surface area contributed by atoms with Crippen molar-refractivity contribution in [3.63, 3.8) is 0 Å². The highest BCUT2D eigenvalue weighted by Gasteiger charge is 2.25. The molecule has 2 saturated heterocycles. The number of carbonyl (C=O) groups excluding carboxylic acids is 1. The van der Waals surface area contributed by atoms with Gasteiger partial charge in [-0.25, -0.2) is 19.9 Å². The van der Waals surface area contributed by atoms with Gasteiger partial charge in [0.2, 0.25) is 5.91 Å². The Labute approximate surface area is 639 Å². The van der Waals surface area contributed by atoms with Crippen LogP contribution >= 0.6 is 0 Å². The maximum absolute atomic E-state index is 11.7. The van der Waals surface area contributed by atoms with Gasteiger partial charge >= 0.3 is 0 Å². The smallest absolute Gasteiger partial charge is 0.219 e. The molecular formula is C82H94N20O8. The zero-order valence-corrected chi connectivity index (χ0v) is 64.2. The molecule has 0 aliphatic carbocycles. The summed E-state index contributed by atoms with van der Waals surface area (Å²) in [5.41, 5.74) is 16.0. The molecule has 15 rings (SSSR count). The highest BCUT2D eigenvalue weighted by molar-refractivity contribution is 5.86. The van der Waals surface area contributed by atoms with Crippen molar-refractivity contribution in [1.29, 1.82) is 0 Å². The molecule has 1 amide bonds. The second-order valence-corrected chi connectivity index (χ2v) is 27.1. The Bertz CT molecular complexity index is 5210. The number of rotatable bonds is 25. The highest BCUT2D eigenvalue weighted by Crippen LogP contribution is 2.39. The molecule has 1 N–H and O–H groups in total. The van der Waals surface area contributed by atoms with Gasteiger partial charge in [0.05, 0.1) is 130 Å². The minimum atomic E-state index is 0.137. The Kier molecular flexibility index (Phi) is 24.3. The molecule has 2 aliphatic heterocycles. The summed E-state index contributed by atoms with van der Waals surface area (Å²) in [5, 5.41) is 22.3. The molecule has 9 heterocycles. The molecular weight excluding hydrogens is 1390 g/mol. The minimum Gasteiger partial charge on any atom is -0.497 e. The lowest BCUT2D eigenvalue weighted by Gasteiger charge is -2.36. The molecule has 28 heteroatoms. The number of carbonyl (C=O) groups is 1. The van der Waals surface area contributed by atoms with E-state index in [9.17, 15) is 9.90 Å². The molecule has 0 unspecified atom stereocenters. The predicted octanol–water partition coefficient (Wildman–Crippen LogP) is 11.6. The molecule has 110 heavy (non-hydrogen) atoms. The number of ether oxygens (including phenoxy) is 6. The first-order chi connectivity index (χ1) is 53.5. The van der Waals surface area contributed by atoms with Crippen molar-refractivity contribution in [2.75, 3.05) is 136 Å². The van der Waals surface area contributed by atoms with Crippen LogP contribution < -0.4 is 43.1 Å². The van der Waals surface area contributed by atoms with Crippen molar-refractivity contribution in [2.24, 2.45) is 27.1 Å². The Hall–Kier alpha value is -12.3. The van der Waals surface area contributed by atoms with Gasteiger partial charge in [0.25, 0.3) is 0 Å². The van der Waals surface area contributed by atoms with Crippen molar-refractivity contribution in [3.05, 3.63) is 183 Å². The fraction of sp³-hybridized carbons (Fsp3) is 0.329. The number of imidazole rings is 1. The van der Waals surface area contributed by atoms with E-state index in [1.807, 2.05) is 137 Å². The van der Waals surface area contributed by atoms with Crippen LogP contribution in [0.1, 0.15) is 25.6 Å². The van der Waals surface area contributed by atoms with Gasteiger partial charge in [-0.15, -0.1) is 0 Å². The lowest BCUT2D eigenvalue weighted by Crippen LogP contribution is -2.49. The van der Waals surface area contributed by atoms with E-state index >= 15 is 0 Å². The SMILES string of the molecule is COc1cc(OC)cc(N(CCN2CCC(CO)CC2)c2ccc3ncc(-c4cnn(C)c4)nc3c2)c1.COc1cc(OC)cc(N(CCN2CCN(C(C)=O)CC2)c2ccc3ncc(-c4cnn(C)c4)nc3c2)c1.COc1cc(OC)cc(N(CCn2ccnc2C)c2ccc3ncc(-c4cnn(C)c4)nc3c2)c1. The summed E-state index contributed by atoms with van der Waals surface area (Å²) in [7, 11) is 15.6. The number of amides is 1. The maximum atomic E-state index is 11.7. The standard InChI is InChI=1S/C28H33N7O3.C28H34N6O3.C26H27N7O2/c1-20(36)34-10-7-33(8-11-34)9-12-35(23-13-24(37-3)16-25(14-23)38-4)22-5-6-26-27(15-22)31-28(18-29-26)21-17-30-32(2)19-21;1-32-18-21(16-30-32)28-17-29-26-5-4-22(14-27(26)31-28)34(11-10-33-8-6-20(19-35)7-9-33)23-12-24(36-2)15-25(13-23)37-3;1-18-27-7-8-32(18)9-10-33(21-11-22(34-3)14-23(12-21)35-4)20-5-6-24-25(13-20)30-26(16-28-24)19-15-29-31(2)17-19/h5-6,13-19H,7-12H2,1-4H3;4-5,12-18,20,35H,6-11,19H2,1-3H3;5-8,11-17H,9-10H2,1-4H3. The molecule has 0 atom stereocenters. The van der Waals surface area contributed by atoms with Crippen LogP contribution in [-0.2, 0) is 32.5 Å². The maximum Gasteiger partial charge on any atom is 0.219 e. The minimum absolute atomic E-state index is 0.137. The molecule has 570 valence electrons. The topological polar surface area (TPSA) is 261 Å². The second kappa shape index (κ2) is 35.2. The summed E-state index contributed by atoms with van der Waals surface area (Å²) in [6.45, 7) is 13.8. The van der Waals surface area contributed by atoms with Crippen LogP contribution in [0.4, 0.5) is 34.1 Å². The van der Waals surface area contributed by atoms with E-state index in [1.54, 1.807) is 101 Å². The van der Waals surface area contributed by atoms with Crippen molar-refractivity contribution >= 4 is 73.1 Å². The van der Waals surface area contributed by atoms with E-state index in [0.29, 0.717) is 12.5 Å². The summed E-state index contributed by atoms with van der Waals surface area (Å²) in [5.74, 6) is 5.90. The quantitative estimate of drug-likeness (QED) is 0.0557. The van der Waals surface area contributed by atoms with Gasteiger partial charge in [0.1, 0.15) is 40.3 Å². The van der Waals surface area contributed by atoms with E-state index in [-0.39, 0.29) is 12.5 Å². The Morgan fingerprint density at radius 2 is 0.773 bits per heavy atom. The zero-order chi connectivity index (χ0) is 76.8. The molecule has 7 aromatic heterocycles. The van der Waals surface area contributed by atoms with Crippen LogP contribution in [0.5, 0.6) is 34.5 Å². The molecule has 0 bridgehead atoms. The first-order valence-electron chi connectivity index (χ1n) is 36.6. The van der Waals surface area contributed by atoms with E-state index in [4.69, 9.17) is 43.4 Å². The van der Waals surface area contributed by atoms with Crippen LogP contribution in [0.3, 0.4) is 0 Å². The van der Waals surface area contributed by atoms with Crippen molar-refractivity contribution in [1.82, 2.24) is 83.5 Å². The monoisotopic (exact) mass is 1490 g/mol. The fourth-order valence-corrected chi connectivity index (χ4v) is 13.7. The zero-order valence-electron chi connectivity index (χ0n) is 64.2. The number of aryl methyl sites for hydroxylation is 4. The predicted molar refractivity (Wildman–Crippen MR) is 427 cm³/mol. The van der Waals surface area contributed by atoms with Crippen molar-refractivity contribution in [3.8, 4) is 68.3 Å². The first-order valence-corrected chi connectivity index (χ1v) is 36.6. The van der Waals surface area contributed by atoms with Crippen LogP contribution in [0.15, 0.2) is 177 Å². The van der Waals surface area contributed by atoms with Gasteiger partial charge in [-0.05, 0) is 93.4 Å². The summed E-state index contributed by atoms with van der Waals surface area (Å²) in [4.78, 5) is 58.2. The fourth-order valence-electron chi connectivity index (χ4n) is 13.7. The number of nitrogens with zero attached hydrogens (tertiary/aromatic N) is 20. The van der Waals surface area contributed by atoms with E-state index in [1.165, 1.54) is 0 Å². The third-order valence-corrected chi connectivity index (χ3v) is 20.0. The summed E-state index contributed by atoms with van der Waals surface area (Å²) in [6.07, 6.45) is 22.4. The Morgan fingerprint density at radius 3 is 1.07 bits per heavy atom. The van der Waals surface area contributed by atoms with Crippen LogP contribution in [0.2, 0.25) is 0 Å². The lowest BCUT2D eigenvalue weighted by molar-refractivity contribution is -0.130. The van der Waals surface area contributed by atoms with Gasteiger partial charge in [0.15, 0.2) is 0 Å². The number of fused-ring (bicyclic) bond motifs is 3. The van der Waals surface area contributed by atoms with Gasteiger partial charge in [-0.1, -0.05) is 0 Å². The number of methoxy groups -OCH3 is 6. The normalized spacial score (nSPS) is 13.3. The molecule has 0 radical (unpaired) electrons. The number of hydrogen-bond donors (Lipinski definition) is 1. The number of anilines is 6. The van der Waals surface area contributed by atoms with Gasteiger partial charge in [-0.2, -0.15) is 15.3 Å². The number of aliphatic hydroxyl groups excluding tert-OH is 1. The van der Waals surface area contributed by atoms with Crippen LogP contribution in [0.25, 0.3) is 66.9 Å². The Balaban J connectivity index is 0.000000145. The van der Waals surface area contributed by atoms with Crippen LogP contribution in [-0.4, -0.2) is 216 Å². The van der Waals surface area contributed by atoms with E-state index in [0.717, 1.165) is 226 Å². The molecule has 2 fully saturated rings. The van der Waals surface area contributed by atoms with Gasteiger partial charge < -0.3 is 62.6 Å². The largest absolute Gasteiger partial charge is 0.497 e. The number of likely N-dealkylation sites (tertiary alicyclic amines) is 1. The Morgan fingerprint density at radius 1 is 0.427 bits per heavy atom. The number of aliphatic hydroxyl groups is 1. The number of piperazine rings is 1. The molecule has 13 aromatic rings.